The molecule has 0 saturated carbocycles. The Morgan fingerprint density at radius 1 is 0.750 bits per heavy atom. The molecule has 0 spiro atoms. The van der Waals surface area contributed by atoms with E-state index in [4.69, 9.17) is 0 Å². The summed E-state index contributed by atoms with van der Waals surface area (Å²) in [5.41, 5.74) is 5.28. The lowest BCUT2D eigenvalue weighted by atomic mass is 10.1. The summed E-state index contributed by atoms with van der Waals surface area (Å²) in [5, 5.41) is 5.08. The third kappa shape index (κ3) is 8.23. The van der Waals surface area contributed by atoms with Crippen molar-refractivity contribution in [2.45, 2.75) is 54.8 Å². The lowest BCUT2D eigenvalue weighted by Crippen LogP contribution is -2.46. The first-order chi connectivity index (χ1) is 25.1. The zero-order valence-electron chi connectivity index (χ0n) is 28.9. The lowest BCUT2D eigenvalue weighted by Gasteiger charge is -2.26. The average molecular weight is 819 g/mol. The van der Waals surface area contributed by atoms with Crippen LogP contribution in [0.1, 0.15) is 67.5 Å². The summed E-state index contributed by atoms with van der Waals surface area (Å²) in [7, 11) is 2.53. The Labute approximate surface area is 314 Å². The van der Waals surface area contributed by atoms with Crippen LogP contribution in [0.3, 0.4) is 0 Å². The fourth-order valence-electron chi connectivity index (χ4n) is 6.46. The maximum absolute atomic E-state index is 13.0. The quantitative estimate of drug-likeness (QED) is 0.0827. The van der Waals surface area contributed by atoms with Gasteiger partial charge in [0.2, 0.25) is 5.91 Å². The molecule has 4 N–H and O–H groups in total. The molecule has 4 atom stereocenters. The minimum absolute atomic E-state index is 0.178. The van der Waals surface area contributed by atoms with E-state index in [1.54, 1.807) is 29.1 Å². The number of carbonyl (C=O) groups excluding carboxylic acids is 4. The van der Waals surface area contributed by atoms with Crippen molar-refractivity contribution >= 4 is 46.6 Å². The predicted octanol–water partition coefficient (Wildman–Crippen LogP) is 5.06. The van der Waals surface area contributed by atoms with E-state index in [0.29, 0.717) is 24.7 Å². The fourth-order valence-corrected chi connectivity index (χ4v) is 7.07. The number of hydrogen-bond donors (Lipinski definition) is 4. The van der Waals surface area contributed by atoms with Crippen molar-refractivity contribution in [1.29, 1.82) is 0 Å². The molecule has 2 aliphatic rings. The Kier molecular flexibility index (Phi) is 11.4. The monoisotopic (exact) mass is 818 g/mol. The number of halogens is 1. The maximum atomic E-state index is 13.0. The van der Waals surface area contributed by atoms with Crippen LogP contribution in [0.25, 0.3) is 22.5 Å². The number of nitrogens with zero attached hydrogens (tertiary/aromatic N) is 4. The third-order valence-electron chi connectivity index (χ3n) is 9.17. The highest BCUT2D eigenvalue weighted by Gasteiger charge is 2.36. The van der Waals surface area contributed by atoms with Gasteiger partial charge in [-0.25, -0.2) is 19.6 Å². The van der Waals surface area contributed by atoms with E-state index in [-0.39, 0.29) is 23.9 Å². The molecule has 0 radical (unpaired) electrons. The first kappa shape index (κ1) is 36.4. The Morgan fingerprint density at radius 3 is 1.65 bits per heavy atom. The number of nitrogens with one attached hydrogen (secondary N) is 4. The number of amides is 4. The Balaban J connectivity index is 1.06. The number of alkyl halides is 1. The van der Waals surface area contributed by atoms with Crippen LogP contribution in [0.2, 0.25) is 0 Å². The number of methoxy groups -OCH3 is 2. The summed E-state index contributed by atoms with van der Waals surface area (Å²) >= 11 is 1.90. The minimum Gasteiger partial charge on any atom is -0.453 e. The van der Waals surface area contributed by atoms with Crippen LogP contribution in [0, 0.1) is 11.8 Å². The van der Waals surface area contributed by atoms with Crippen molar-refractivity contribution in [1.82, 2.24) is 40.4 Å². The predicted molar refractivity (Wildman–Crippen MR) is 200 cm³/mol. The second-order valence-electron chi connectivity index (χ2n) is 12.5. The first-order valence-corrected chi connectivity index (χ1v) is 18.2. The van der Waals surface area contributed by atoms with Crippen molar-refractivity contribution in [3.63, 3.8) is 0 Å². The highest BCUT2D eigenvalue weighted by Crippen LogP contribution is 2.34. The zero-order valence-corrected chi connectivity index (χ0v) is 31.1. The van der Waals surface area contributed by atoms with Crippen LogP contribution in [-0.2, 0) is 19.1 Å². The molecule has 2 aromatic heterocycles. The number of aromatic nitrogens is 4. The largest absolute Gasteiger partial charge is 0.453 e. The molecular weight excluding hydrogens is 779 g/mol. The van der Waals surface area contributed by atoms with E-state index in [2.05, 4.69) is 51.9 Å². The van der Waals surface area contributed by atoms with Gasteiger partial charge in [-0.1, -0.05) is 36.1 Å². The molecule has 2 aromatic carbocycles. The maximum Gasteiger partial charge on any atom is 0.408 e. The molecule has 270 valence electrons. The summed E-state index contributed by atoms with van der Waals surface area (Å²) in [4.78, 5) is 68.7. The van der Waals surface area contributed by atoms with Crippen LogP contribution in [-0.4, -0.2) is 91.1 Å². The number of aromatic amines is 2. The number of imidazole rings is 2. The molecule has 52 heavy (non-hydrogen) atoms. The average Bonchev–Trinajstić information content (AvgIpc) is 4.00. The number of rotatable bonds is 8. The number of likely N-dealkylation sites (tertiary alicyclic amines) is 2. The van der Waals surface area contributed by atoms with E-state index >= 15 is 0 Å². The van der Waals surface area contributed by atoms with E-state index in [1.807, 2.05) is 71.1 Å². The van der Waals surface area contributed by atoms with Crippen molar-refractivity contribution < 1.29 is 28.7 Å². The van der Waals surface area contributed by atoms with E-state index in [9.17, 15) is 19.2 Å². The number of alkyl carbamates (subject to hydrolysis) is 2. The summed E-state index contributed by atoms with van der Waals surface area (Å²) in [6.45, 7) is 2.82. The molecule has 2 saturated heterocycles. The summed E-state index contributed by atoms with van der Waals surface area (Å²) in [6.07, 6.45) is 5.49. The van der Waals surface area contributed by atoms with Gasteiger partial charge < -0.3 is 39.9 Å². The lowest BCUT2D eigenvalue weighted by molar-refractivity contribution is -0.134. The van der Waals surface area contributed by atoms with Crippen molar-refractivity contribution in [3.05, 3.63) is 83.7 Å². The number of H-pyrrole nitrogens is 2. The number of hydrogen-bond acceptors (Lipinski definition) is 8. The van der Waals surface area contributed by atoms with Gasteiger partial charge in [0, 0.05) is 24.2 Å². The van der Waals surface area contributed by atoms with Crippen molar-refractivity contribution in [2.75, 3.05) is 27.3 Å². The number of ether oxygens (including phenoxy) is 2. The molecule has 4 heterocycles. The number of carbonyl (C=O) groups is 4. The Morgan fingerprint density at radius 2 is 1.19 bits per heavy atom. The van der Waals surface area contributed by atoms with Gasteiger partial charge in [-0.3, -0.25) is 9.59 Å². The van der Waals surface area contributed by atoms with Gasteiger partial charge in [0.1, 0.15) is 17.7 Å². The van der Waals surface area contributed by atoms with Crippen molar-refractivity contribution in [3.8, 4) is 34.4 Å². The minimum atomic E-state index is -0.737. The van der Waals surface area contributed by atoms with Gasteiger partial charge in [-0.05, 0) is 90.6 Å². The van der Waals surface area contributed by atoms with Crippen molar-refractivity contribution in [2.24, 2.45) is 0 Å². The van der Waals surface area contributed by atoms with Gasteiger partial charge in [0.25, 0.3) is 5.91 Å². The smallest absolute Gasteiger partial charge is 0.408 e. The van der Waals surface area contributed by atoms with Gasteiger partial charge in [0.15, 0.2) is 4.05 Å². The molecule has 15 heteroatoms. The molecule has 2 fully saturated rings. The molecule has 14 nitrogen and oxygen atoms in total. The second-order valence-corrected chi connectivity index (χ2v) is 13.7. The van der Waals surface area contributed by atoms with E-state index in [0.717, 1.165) is 59.3 Å². The standard InChI is InChI=1S/C37H39IN8O6/c1-22(41-36(49)51-2)34(47)45-18-4-6-29(45)32-39-20-27(42-32)25-14-10-23(11-15-25)8-9-24-12-16-26(17-13-24)28-21-40-33(43-28)30-7-5-19-46(30)35(48)31(38)44-37(50)52-3/h10-17,20-22,29-31H,4-7,18-19H2,1-3H3,(H,39,42)(H,40,43)(H,41,49)(H,44,50)/t22?,29-,30-,31+/m0/s1. The summed E-state index contributed by atoms with van der Waals surface area (Å²) < 4.78 is 8.52. The van der Waals surface area contributed by atoms with Gasteiger partial charge >= 0.3 is 12.2 Å². The SMILES string of the molecule is COC(=O)NC(C)C(=O)N1CCC[C@H]1c1ncc(-c2ccc(C#Cc3ccc(-c4cnc([C@@H]5CCCN5C(=O)[C@H](I)NC(=O)OC)[nH]4)cc3)cc2)[nH]1. The second kappa shape index (κ2) is 16.3. The Bertz CT molecular complexity index is 1840. The van der Waals surface area contributed by atoms with Crippen LogP contribution in [0.4, 0.5) is 9.59 Å². The van der Waals surface area contributed by atoms with E-state index < -0.39 is 22.3 Å². The van der Waals surface area contributed by atoms with Crippen LogP contribution in [0.5, 0.6) is 0 Å². The molecule has 2 aliphatic heterocycles. The topological polar surface area (TPSA) is 175 Å². The fraction of sp³-hybridized carbons (Fsp3) is 0.351. The van der Waals surface area contributed by atoms with Gasteiger partial charge in [-0.2, -0.15) is 0 Å². The molecule has 6 rings (SSSR count). The first-order valence-electron chi connectivity index (χ1n) is 16.9. The molecule has 4 amide bonds. The zero-order chi connectivity index (χ0) is 36.8. The van der Waals surface area contributed by atoms with Crippen LogP contribution in [0.15, 0.2) is 60.9 Å². The normalized spacial score (nSPS) is 17.8. The third-order valence-corrected chi connectivity index (χ3v) is 10.0. The highest BCUT2D eigenvalue weighted by molar-refractivity contribution is 14.1. The number of benzene rings is 2. The molecule has 0 bridgehead atoms. The van der Waals surface area contributed by atoms with Gasteiger partial charge in [-0.15, -0.1) is 0 Å². The molecule has 0 aliphatic carbocycles. The summed E-state index contributed by atoms with van der Waals surface area (Å²) in [5.74, 6) is 7.49. The molecule has 1 unspecified atom stereocenters. The molecule has 4 aromatic rings. The van der Waals surface area contributed by atoms with Crippen LogP contribution >= 0.6 is 22.6 Å². The Hall–Kier alpha value is -5.37. The highest BCUT2D eigenvalue weighted by atomic mass is 127. The molecular formula is C37H39IN8O6. The summed E-state index contributed by atoms with van der Waals surface area (Å²) in [6, 6.07) is 14.6. The van der Waals surface area contributed by atoms with E-state index in [1.165, 1.54) is 14.2 Å². The van der Waals surface area contributed by atoms with Crippen LogP contribution < -0.4 is 10.6 Å². The van der Waals surface area contributed by atoms with Gasteiger partial charge in [0.05, 0.1) is 50.1 Å².